The fourth-order valence-corrected chi connectivity index (χ4v) is 3.39. The summed E-state index contributed by atoms with van der Waals surface area (Å²) < 4.78 is 12.2. The molecule has 0 aliphatic rings. The van der Waals surface area contributed by atoms with Crippen LogP contribution in [0.4, 0.5) is 11.5 Å². The third-order valence-electron chi connectivity index (χ3n) is 5.27. The second-order valence-electron chi connectivity index (χ2n) is 7.65. The fraction of sp³-hybridized carbons (Fsp3) is 0.333. The van der Waals surface area contributed by atoms with Crippen LogP contribution in [-0.4, -0.2) is 27.8 Å². The summed E-state index contributed by atoms with van der Waals surface area (Å²) in [5.41, 5.74) is 5.19. The molecule has 0 unspecified atom stereocenters. The number of hydrogen-bond donors (Lipinski definition) is 2. The number of furan rings is 1. The number of aromatic amines is 1. The summed E-state index contributed by atoms with van der Waals surface area (Å²) in [7, 11) is 0. The van der Waals surface area contributed by atoms with Gasteiger partial charge in [-0.3, -0.25) is 28.8 Å². The number of ether oxygens (including phenoxy) is 1. The van der Waals surface area contributed by atoms with Crippen molar-refractivity contribution in [3.8, 4) is 5.75 Å². The van der Waals surface area contributed by atoms with Gasteiger partial charge in [-0.1, -0.05) is 20.3 Å². The first kappa shape index (κ1) is 24.6. The Labute approximate surface area is 195 Å². The molecule has 0 spiro atoms. The number of anilines is 2. The van der Waals surface area contributed by atoms with E-state index in [9.17, 15) is 19.2 Å². The average Bonchev–Trinajstić information content (AvgIpc) is 3.34. The molecule has 0 aliphatic carbocycles. The summed E-state index contributed by atoms with van der Waals surface area (Å²) in [4.78, 5) is 53.4. The number of benzene rings is 1. The van der Waals surface area contributed by atoms with Crippen LogP contribution in [0.3, 0.4) is 0 Å². The number of H-pyrrole nitrogens is 1. The first-order chi connectivity index (χ1) is 16.3. The van der Waals surface area contributed by atoms with Crippen LogP contribution in [0.15, 0.2) is 56.7 Å². The average molecular weight is 469 g/mol. The van der Waals surface area contributed by atoms with Crippen LogP contribution in [-0.2, 0) is 17.9 Å². The van der Waals surface area contributed by atoms with Gasteiger partial charge in [0.2, 0.25) is 0 Å². The number of carbonyl (C=O) groups is 2. The Kier molecular flexibility index (Phi) is 8.07. The van der Waals surface area contributed by atoms with E-state index >= 15 is 0 Å². The maximum Gasteiger partial charge on any atom is 0.330 e. The van der Waals surface area contributed by atoms with Crippen LogP contribution in [0.5, 0.6) is 5.75 Å². The van der Waals surface area contributed by atoms with Crippen molar-refractivity contribution in [3.63, 3.8) is 0 Å². The zero-order valence-corrected chi connectivity index (χ0v) is 19.2. The van der Waals surface area contributed by atoms with Gasteiger partial charge >= 0.3 is 5.69 Å². The van der Waals surface area contributed by atoms with Gasteiger partial charge in [-0.05, 0) is 42.8 Å². The Hall–Kier alpha value is -4.08. The van der Waals surface area contributed by atoms with E-state index < -0.39 is 23.8 Å². The quantitative estimate of drug-likeness (QED) is 0.412. The van der Waals surface area contributed by atoms with E-state index in [0.717, 1.165) is 11.3 Å². The predicted molar refractivity (Wildman–Crippen MR) is 127 cm³/mol. The van der Waals surface area contributed by atoms with Crippen molar-refractivity contribution in [2.24, 2.45) is 0 Å². The molecule has 34 heavy (non-hydrogen) atoms. The van der Waals surface area contributed by atoms with Gasteiger partial charge in [-0.25, -0.2) is 4.79 Å². The molecule has 10 nitrogen and oxygen atoms in total. The van der Waals surface area contributed by atoms with Gasteiger partial charge in [0.1, 0.15) is 17.3 Å². The van der Waals surface area contributed by atoms with Gasteiger partial charge in [0, 0.05) is 18.5 Å². The molecule has 0 saturated heterocycles. The Balaban J connectivity index is 1.89. The number of unbranched alkanes of at least 4 members (excludes halogenated alkanes) is 1. The highest BCUT2D eigenvalue weighted by atomic mass is 16.5. The van der Waals surface area contributed by atoms with Gasteiger partial charge in [0.15, 0.2) is 18.1 Å². The van der Waals surface area contributed by atoms with E-state index in [2.05, 4.69) is 4.98 Å². The second-order valence-corrected chi connectivity index (χ2v) is 7.65. The van der Waals surface area contributed by atoms with Crippen molar-refractivity contribution in [3.05, 3.63) is 74.8 Å². The van der Waals surface area contributed by atoms with Crippen LogP contribution < -0.4 is 26.6 Å². The lowest BCUT2D eigenvalue weighted by molar-refractivity contribution is -0.120. The van der Waals surface area contributed by atoms with Gasteiger partial charge in [-0.15, -0.1) is 0 Å². The molecule has 0 radical (unpaired) electrons. The van der Waals surface area contributed by atoms with Crippen molar-refractivity contribution in [2.45, 2.75) is 46.2 Å². The number of nitrogens with two attached hydrogens (primary N) is 1. The summed E-state index contributed by atoms with van der Waals surface area (Å²) in [5, 5.41) is 0. The number of ketones is 1. The zero-order valence-electron chi connectivity index (χ0n) is 19.2. The number of nitrogen functional groups attached to an aromatic ring is 1. The summed E-state index contributed by atoms with van der Waals surface area (Å²) in [5.74, 6) is 0.127. The van der Waals surface area contributed by atoms with E-state index in [1.165, 1.54) is 10.8 Å². The highest BCUT2D eigenvalue weighted by Gasteiger charge is 2.26. The lowest BCUT2D eigenvalue weighted by Crippen LogP contribution is -2.42. The highest BCUT2D eigenvalue weighted by Crippen LogP contribution is 2.21. The van der Waals surface area contributed by atoms with Crippen LogP contribution in [0.25, 0.3) is 0 Å². The summed E-state index contributed by atoms with van der Waals surface area (Å²) in [6.07, 6.45) is 3.31. The molecule has 3 rings (SSSR count). The number of aromatic nitrogens is 2. The maximum atomic E-state index is 13.2. The Morgan fingerprint density at radius 2 is 1.88 bits per heavy atom. The van der Waals surface area contributed by atoms with Crippen molar-refractivity contribution >= 4 is 23.2 Å². The molecular weight excluding hydrogens is 440 g/mol. The maximum absolute atomic E-state index is 13.2. The molecule has 180 valence electrons. The van der Waals surface area contributed by atoms with E-state index in [-0.39, 0.29) is 23.8 Å². The van der Waals surface area contributed by atoms with Gasteiger partial charge < -0.3 is 14.9 Å². The van der Waals surface area contributed by atoms with Gasteiger partial charge in [0.25, 0.3) is 11.5 Å². The molecule has 0 atom stereocenters. The van der Waals surface area contributed by atoms with Crippen LogP contribution in [0.1, 0.15) is 49.2 Å². The third kappa shape index (κ3) is 5.64. The normalized spacial score (nSPS) is 10.8. The predicted octanol–water partition coefficient (Wildman–Crippen LogP) is 2.72. The molecule has 10 heteroatoms. The molecule has 3 N–H and O–H groups in total. The summed E-state index contributed by atoms with van der Waals surface area (Å²) in [6.45, 7) is 3.54. The number of rotatable bonds is 11. The molecule has 1 amide bonds. The Morgan fingerprint density at radius 1 is 1.15 bits per heavy atom. The van der Waals surface area contributed by atoms with Crippen LogP contribution >= 0.6 is 0 Å². The molecule has 0 fully saturated rings. The number of hydrogen-bond acceptors (Lipinski definition) is 7. The monoisotopic (exact) mass is 468 g/mol. The number of amides is 1. The van der Waals surface area contributed by atoms with Crippen LogP contribution in [0.2, 0.25) is 0 Å². The highest BCUT2D eigenvalue weighted by molar-refractivity contribution is 5.97. The minimum Gasteiger partial charge on any atom is -0.484 e. The lowest BCUT2D eigenvalue weighted by Gasteiger charge is -2.24. The second kappa shape index (κ2) is 11.2. The topological polar surface area (TPSA) is 141 Å². The molecule has 3 aromatic rings. The van der Waals surface area contributed by atoms with Gasteiger partial charge in [-0.2, -0.15) is 0 Å². The largest absolute Gasteiger partial charge is 0.484 e. The van der Waals surface area contributed by atoms with Crippen molar-refractivity contribution < 1.29 is 18.7 Å². The smallest absolute Gasteiger partial charge is 0.330 e. The fourth-order valence-electron chi connectivity index (χ4n) is 3.39. The van der Waals surface area contributed by atoms with Crippen molar-refractivity contribution in [1.29, 1.82) is 0 Å². The molecule has 2 aromatic heterocycles. The zero-order chi connectivity index (χ0) is 24.7. The van der Waals surface area contributed by atoms with Crippen LogP contribution in [0, 0.1) is 0 Å². The molecule has 0 saturated carbocycles. The molecular formula is C24H28N4O6. The Bertz CT molecular complexity index is 1240. The van der Waals surface area contributed by atoms with Crippen molar-refractivity contribution in [2.75, 3.05) is 17.2 Å². The molecule has 0 aliphatic heterocycles. The minimum atomic E-state index is -0.780. The Morgan fingerprint density at radius 3 is 2.50 bits per heavy atom. The lowest BCUT2D eigenvalue weighted by atomic mass is 10.1. The van der Waals surface area contributed by atoms with E-state index in [1.807, 2.05) is 6.92 Å². The van der Waals surface area contributed by atoms with Crippen molar-refractivity contribution in [1.82, 2.24) is 9.55 Å². The van der Waals surface area contributed by atoms with Gasteiger partial charge in [0.05, 0.1) is 12.8 Å². The summed E-state index contributed by atoms with van der Waals surface area (Å²) >= 11 is 0. The summed E-state index contributed by atoms with van der Waals surface area (Å²) in [6, 6.07) is 9.75. The molecule has 0 bridgehead atoms. The number of nitrogens with zero attached hydrogens (tertiary/aromatic N) is 2. The number of carbonyl (C=O) groups excluding carboxylic acids is 2. The standard InChI is InChI=1S/C24H28N4O6/c1-3-5-12-27-22(25)21(23(31)26-24(27)32)28(14-18-7-6-13-33-18)20(30)15-34-17-10-8-16(9-11-17)19(29)4-2/h6-11,13H,3-5,12,14-15,25H2,1-2H3,(H,26,31,32). The number of nitrogens with one attached hydrogen (secondary N) is 1. The molecule has 1 aromatic carbocycles. The minimum absolute atomic E-state index is 0.000136. The van der Waals surface area contributed by atoms with E-state index in [1.54, 1.807) is 43.3 Å². The first-order valence-electron chi connectivity index (χ1n) is 11.1. The molecule has 2 heterocycles. The number of Topliss-reactive ketones (excluding diaryl/α,β-unsaturated/α-hetero) is 1. The SMILES string of the molecule is CCCCn1c(N)c(N(Cc2ccco2)C(=O)COc2ccc(C(=O)CC)cc2)c(=O)[nH]c1=O. The van der Waals surface area contributed by atoms with E-state index in [4.69, 9.17) is 14.9 Å². The third-order valence-corrected chi connectivity index (χ3v) is 5.27. The first-order valence-corrected chi connectivity index (χ1v) is 11.1. The van der Waals surface area contributed by atoms with E-state index in [0.29, 0.717) is 36.5 Å².